The van der Waals surface area contributed by atoms with Gasteiger partial charge in [-0.15, -0.1) is 0 Å². The maximum Gasteiger partial charge on any atom is 0.264 e. The van der Waals surface area contributed by atoms with E-state index in [1.165, 1.54) is 57.8 Å². The van der Waals surface area contributed by atoms with Crippen LogP contribution in [-0.2, 0) is 10.1 Å². The number of unbranched alkanes of at least 4 members (excludes halogenated alkanes) is 11. The number of hydrogen-bond acceptors (Lipinski definition) is 2. The summed E-state index contributed by atoms with van der Waals surface area (Å²) in [4.78, 5) is 0. The number of rotatable bonds is 13. The van der Waals surface area contributed by atoms with Crippen molar-refractivity contribution in [2.24, 2.45) is 0 Å². The van der Waals surface area contributed by atoms with Crippen LogP contribution in [0.5, 0.6) is 0 Å². The van der Waals surface area contributed by atoms with Gasteiger partial charge in [0.15, 0.2) is 0 Å². The van der Waals surface area contributed by atoms with Crippen LogP contribution >= 0.6 is 0 Å². The van der Waals surface area contributed by atoms with Crippen molar-refractivity contribution in [3.05, 3.63) is 0 Å². The van der Waals surface area contributed by atoms with Gasteiger partial charge in [0.2, 0.25) is 0 Å². The zero-order valence-corrected chi connectivity index (χ0v) is 12.7. The second kappa shape index (κ2) is 12.0. The summed E-state index contributed by atoms with van der Waals surface area (Å²) in [5.41, 5.74) is 0. The minimum Gasteiger partial charge on any atom is -0.286 e. The van der Waals surface area contributed by atoms with Gasteiger partial charge >= 0.3 is 0 Å². The lowest BCUT2D eigenvalue weighted by Gasteiger charge is -2.02. The maximum absolute atomic E-state index is 10.5. The van der Waals surface area contributed by atoms with E-state index in [9.17, 15) is 8.42 Å². The zero-order valence-electron chi connectivity index (χ0n) is 11.9. The molecule has 0 aliphatic carbocycles. The largest absolute Gasteiger partial charge is 0.286 e. The fourth-order valence-electron chi connectivity index (χ4n) is 2.13. The highest BCUT2D eigenvalue weighted by molar-refractivity contribution is 7.85. The molecule has 0 aromatic rings. The minimum absolute atomic E-state index is 0.0789. The molecule has 0 spiro atoms. The summed E-state index contributed by atoms with van der Waals surface area (Å²) >= 11 is 0. The Morgan fingerprint density at radius 2 is 1.00 bits per heavy atom. The van der Waals surface area contributed by atoms with Crippen LogP contribution in [0.15, 0.2) is 0 Å². The van der Waals surface area contributed by atoms with E-state index in [2.05, 4.69) is 6.92 Å². The van der Waals surface area contributed by atoms with Gasteiger partial charge < -0.3 is 0 Å². The SMILES string of the molecule is CCCCCCCCCCCCCCS(=O)(=O)O. The van der Waals surface area contributed by atoms with Crippen molar-refractivity contribution in [1.82, 2.24) is 0 Å². The topological polar surface area (TPSA) is 54.4 Å². The summed E-state index contributed by atoms with van der Waals surface area (Å²) in [5.74, 6) is -0.0789. The highest BCUT2D eigenvalue weighted by atomic mass is 32.2. The van der Waals surface area contributed by atoms with Crippen LogP contribution in [0, 0.1) is 0 Å². The molecule has 0 aromatic heterocycles. The van der Waals surface area contributed by atoms with Gasteiger partial charge in [-0.2, -0.15) is 8.42 Å². The highest BCUT2D eigenvalue weighted by Gasteiger charge is 2.02. The Kier molecular flexibility index (Phi) is 11.9. The molecule has 0 aliphatic rings. The first-order valence-corrected chi connectivity index (χ1v) is 9.12. The molecular weight excluding hydrogens is 248 g/mol. The molecule has 0 bridgehead atoms. The monoisotopic (exact) mass is 278 g/mol. The first kappa shape index (κ1) is 17.9. The summed E-state index contributed by atoms with van der Waals surface area (Å²) in [6, 6.07) is 0. The standard InChI is InChI=1S/C14H30O3S/c1-2-3-4-5-6-7-8-9-10-11-12-13-14-18(15,16)17/h2-14H2,1H3,(H,15,16,17). The Morgan fingerprint density at radius 3 is 1.33 bits per heavy atom. The molecule has 0 heterocycles. The Labute approximate surface area is 113 Å². The summed E-state index contributed by atoms with van der Waals surface area (Å²) in [5, 5.41) is 0. The van der Waals surface area contributed by atoms with Crippen LogP contribution in [0.4, 0.5) is 0 Å². The quantitative estimate of drug-likeness (QED) is 0.396. The molecule has 3 nitrogen and oxygen atoms in total. The van der Waals surface area contributed by atoms with Crippen LogP contribution in [0.3, 0.4) is 0 Å². The van der Waals surface area contributed by atoms with E-state index in [1.807, 2.05) is 0 Å². The molecule has 0 fully saturated rings. The molecule has 0 aromatic carbocycles. The highest BCUT2D eigenvalue weighted by Crippen LogP contribution is 2.12. The number of hydrogen-bond donors (Lipinski definition) is 1. The molecule has 0 amide bonds. The zero-order chi connectivity index (χ0) is 13.7. The van der Waals surface area contributed by atoms with Gasteiger partial charge in [-0.3, -0.25) is 4.55 Å². The lowest BCUT2D eigenvalue weighted by Crippen LogP contribution is -2.03. The van der Waals surface area contributed by atoms with Gasteiger partial charge in [-0.1, -0.05) is 77.6 Å². The van der Waals surface area contributed by atoms with E-state index in [4.69, 9.17) is 4.55 Å². The molecule has 4 heteroatoms. The average molecular weight is 278 g/mol. The van der Waals surface area contributed by atoms with E-state index < -0.39 is 10.1 Å². The van der Waals surface area contributed by atoms with Crippen molar-refractivity contribution in [2.75, 3.05) is 5.75 Å². The van der Waals surface area contributed by atoms with E-state index in [0.29, 0.717) is 6.42 Å². The van der Waals surface area contributed by atoms with Gasteiger partial charge in [0.25, 0.3) is 10.1 Å². The summed E-state index contributed by atoms with van der Waals surface area (Å²) < 4.78 is 29.5. The predicted molar refractivity (Wildman–Crippen MR) is 77.5 cm³/mol. The first-order chi connectivity index (χ1) is 8.56. The lowest BCUT2D eigenvalue weighted by atomic mass is 10.1. The molecule has 0 unspecified atom stereocenters. The lowest BCUT2D eigenvalue weighted by molar-refractivity contribution is 0.478. The van der Waals surface area contributed by atoms with Crippen LogP contribution in [0.25, 0.3) is 0 Å². The minimum atomic E-state index is -3.74. The fraction of sp³-hybridized carbons (Fsp3) is 1.00. The Hall–Kier alpha value is -0.0900. The van der Waals surface area contributed by atoms with E-state index in [0.717, 1.165) is 12.8 Å². The molecule has 1 N–H and O–H groups in total. The third-order valence-corrected chi connectivity index (χ3v) is 4.06. The Morgan fingerprint density at radius 1 is 0.667 bits per heavy atom. The molecule has 0 saturated carbocycles. The molecule has 110 valence electrons. The van der Waals surface area contributed by atoms with Gasteiger partial charge in [0, 0.05) is 0 Å². The third kappa shape index (κ3) is 15.9. The Balaban J connectivity index is 3.03. The summed E-state index contributed by atoms with van der Waals surface area (Å²) in [6.45, 7) is 2.24. The van der Waals surface area contributed by atoms with Crippen LogP contribution in [0.2, 0.25) is 0 Å². The molecule has 0 saturated heterocycles. The first-order valence-electron chi connectivity index (χ1n) is 7.51. The van der Waals surface area contributed by atoms with Crippen molar-refractivity contribution < 1.29 is 13.0 Å². The fourth-order valence-corrected chi connectivity index (χ4v) is 2.69. The van der Waals surface area contributed by atoms with Crippen molar-refractivity contribution in [2.45, 2.75) is 84.0 Å². The molecule has 0 atom stereocenters. The third-order valence-electron chi connectivity index (χ3n) is 3.26. The molecule has 18 heavy (non-hydrogen) atoms. The van der Waals surface area contributed by atoms with Crippen LogP contribution < -0.4 is 0 Å². The second-order valence-corrected chi connectivity index (χ2v) is 6.75. The Bertz CT molecular complexity index is 260. The molecular formula is C14H30O3S. The summed E-state index contributed by atoms with van der Waals surface area (Å²) in [6.07, 6.45) is 14.5. The molecule has 0 radical (unpaired) electrons. The normalized spacial score (nSPS) is 11.9. The molecule has 0 rings (SSSR count). The average Bonchev–Trinajstić information content (AvgIpc) is 2.29. The van der Waals surface area contributed by atoms with E-state index >= 15 is 0 Å². The van der Waals surface area contributed by atoms with Crippen molar-refractivity contribution in [1.29, 1.82) is 0 Å². The predicted octanol–water partition coefficient (Wildman–Crippen LogP) is 4.58. The van der Waals surface area contributed by atoms with Crippen LogP contribution in [0.1, 0.15) is 84.0 Å². The van der Waals surface area contributed by atoms with E-state index in [-0.39, 0.29) is 5.75 Å². The van der Waals surface area contributed by atoms with E-state index in [1.54, 1.807) is 0 Å². The van der Waals surface area contributed by atoms with Gasteiger partial charge in [-0.05, 0) is 6.42 Å². The van der Waals surface area contributed by atoms with Gasteiger partial charge in [0.1, 0.15) is 0 Å². The van der Waals surface area contributed by atoms with Crippen molar-refractivity contribution in [3.63, 3.8) is 0 Å². The smallest absolute Gasteiger partial charge is 0.264 e. The maximum atomic E-state index is 10.5. The summed E-state index contributed by atoms with van der Waals surface area (Å²) in [7, 11) is -3.74. The second-order valence-electron chi connectivity index (χ2n) is 5.18. The van der Waals surface area contributed by atoms with Crippen LogP contribution in [-0.4, -0.2) is 18.7 Å². The van der Waals surface area contributed by atoms with Crippen molar-refractivity contribution >= 4 is 10.1 Å². The van der Waals surface area contributed by atoms with Gasteiger partial charge in [0.05, 0.1) is 5.75 Å². The van der Waals surface area contributed by atoms with Crippen molar-refractivity contribution in [3.8, 4) is 0 Å². The molecule has 0 aliphatic heterocycles. The van der Waals surface area contributed by atoms with Gasteiger partial charge in [-0.25, -0.2) is 0 Å².